The second-order valence-corrected chi connectivity index (χ2v) is 13.9. The van der Waals surface area contributed by atoms with Gasteiger partial charge in [0.2, 0.25) is 16.8 Å². The minimum atomic E-state index is -4.07. The van der Waals surface area contributed by atoms with Gasteiger partial charge in [0.15, 0.2) is 17.6 Å². The predicted molar refractivity (Wildman–Crippen MR) is 162 cm³/mol. The first-order valence-corrected chi connectivity index (χ1v) is 16.7. The number of hydrogen-bond donors (Lipinski definition) is 2. The van der Waals surface area contributed by atoms with Gasteiger partial charge in [0, 0.05) is 30.2 Å². The summed E-state index contributed by atoms with van der Waals surface area (Å²) in [7, 11) is -4.07. The zero-order chi connectivity index (χ0) is 31.3. The summed E-state index contributed by atoms with van der Waals surface area (Å²) in [5.74, 6) is 0.217. The van der Waals surface area contributed by atoms with E-state index in [2.05, 4.69) is 10.3 Å². The molecule has 2 aromatic carbocycles. The monoisotopic (exact) mass is 644 g/mol. The average Bonchev–Trinajstić information content (AvgIpc) is 3.78. The van der Waals surface area contributed by atoms with Crippen LogP contribution < -0.4 is 14.8 Å². The molecule has 0 spiro atoms. The summed E-state index contributed by atoms with van der Waals surface area (Å²) in [6.45, 7) is 4.09. The van der Waals surface area contributed by atoms with Crippen molar-refractivity contribution in [2.24, 2.45) is 5.92 Å². The molecule has 236 valence electrons. The highest BCUT2D eigenvalue weighted by molar-refractivity contribution is 7.89. The van der Waals surface area contributed by atoms with Crippen LogP contribution in [0, 0.1) is 5.92 Å². The van der Waals surface area contributed by atoms with Gasteiger partial charge in [-0.05, 0) is 30.0 Å². The fourth-order valence-corrected chi connectivity index (χ4v) is 7.18. The summed E-state index contributed by atoms with van der Waals surface area (Å²) >= 11 is 1.39. The van der Waals surface area contributed by atoms with Crippen molar-refractivity contribution in [3.05, 3.63) is 70.7 Å². The van der Waals surface area contributed by atoms with Gasteiger partial charge in [-0.1, -0.05) is 50.6 Å². The number of amides is 2. The van der Waals surface area contributed by atoms with E-state index in [0.717, 1.165) is 16.9 Å². The third kappa shape index (κ3) is 7.49. The lowest BCUT2D eigenvalue weighted by Gasteiger charge is -2.31. The lowest BCUT2D eigenvalue weighted by atomic mass is 10.0. The Morgan fingerprint density at radius 3 is 2.68 bits per heavy atom. The third-order valence-electron chi connectivity index (χ3n) is 7.69. The van der Waals surface area contributed by atoms with Crippen LogP contribution in [0.5, 0.6) is 11.5 Å². The molecule has 12 nitrogen and oxygen atoms in total. The molecule has 0 radical (unpaired) electrons. The Morgan fingerprint density at radius 1 is 1.18 bits per heavy atom. The number of aliphatic hydroxyl groups excluding tert-OH is 1. The number of ether oxygens (including phenoxy) is 3. The smallest absolute Gasteiger partial charge is 0.411 e. The molecule has 2 amide bonds. The highest BCUT2D eigenvalue weighted by Gasteiger charge is 2.39. The average molecular weight is 645 g/mol. The van der Waals surface area contributed by atoms with Crippen molar-refractivity contribution in [2.45, 2.75) is 56.4 Å². The van der Waals surface area contributed by atoms with Gasteiger partial charge in [-0.2, -0.15) is 4.31 Å². The van der Waals surface area contributed by atoms with Gasteiger partial charge < -0.3 is 24.6 Å². The number of hydrogen-bond acceptors (Lipinski definition) is 10. The first-order valence-electron chi connectivity index (χ1n) is 14.4. The Labute approximate surface area is 260 Å². The zero-order valence-corrected chi connectivity index (χ0v) is 26.1. The predicted octanol–water partition coefficient (Wildman–Crippen LogP) is 3.02. The summed E-state index contributed by atoms with van der Waals surface area (Å²) in [5.41, 5.74) is 2.49. The minimum Gasteiger partial charge on any atom is -0.454 e. The third-order valence-corrected chi connectivity index (χ3v) is 10.3. The van der Waals surface area contributed by atoms with Crippen molar-refractivity contribution in [2.75, 3.05) is 26.4 Å². The van der Waals surface area contributed by atoms with Crippen molar-refractivity contribution in [1.29, 1.82) is 0 Å². The first-order chi connectivity index (χ1) is 21.1. The van der Waals surface area contributed by atoms with Crippen LogP contribution in [0.2, 0.25) is 0 Å². The summed E-state index contributed by atoms with van der Waals surface area (Å²) in [5, 5.41) is 14.4. The topological polar surface area (TPSA) is 148 Å². The van der Waals surface area contributed by atoms with E-state index >= 15 is 0 Å². The maximum absolute atomic E-state index is 13.9. The molecule has 0 saturated carbocycles. The van der Waals surface area contributed by atoms with Gasteiger partial charge in [0.25, 0.3) is 5.91 Å². The van der Waals surface area contributed by atoms with Crippen molar-refractivity contribution < 1.29 is 37.3 Å². The maximum Gasteiger partial charge on any atom is 0.411 e. The van der Waals surface area contributed by atoms with Crippen molar-refractivity contribution in [1.82, 2.24) is 19.5 Å². The molecule has 4 atom stereocenters. The Bertz CT molecular complexity index is 1540. The number of benzene rings is 2. The molecular weight excluding hydrogens is 608 g/mol. The normalized spacial score (nSPS) is 18.2. The van der Waals surface area contributed by atoms with Gasteiger partial charge in [0.1, 0.15) is 0 Å². The molecule has 44 heavy (non-hydrogen) atoms. The highest BCUT2D eigenvalue weighted by Crippen LogP contribution is 2.35. The Balaban J connectivity index is 1.34. The molecule has 1 aromatic heterocycles. The van der Waals surface area contributed by atoms with Crippen molar-refractivity contribution >= 4 is 33.4 Å². The molecule has 1 fully saturated rings. The van der Waals surface area contributed by atoms with Crippen LogP contribution in [-0.2, 0) is 32.5 Å². The molecule has 1 saturated heterocycles. The van der Waals surface area contributed by atoms with E-state index in [9.17, 15) is 23.1 Å². The number of thiazole rings is 1. The van der Waals surface area contributed by atoms with E-state index in [4.69, 9.17) is 14.2 Å². The number of cyclic esters (lactones) is 1. The molecule has 2 aliphatic heterocycles. The number of aromatic nitrogens is 1. The summed E-state index contributed by atoms with van der Waals surface area (Å²) in [4.78, 5) is 32.2. The summed E-state index contributed by atoms with van der Waals surface area (Å²) < 4.78 is 45.1. The summed E-state index contributed by atoms with van der Waals surface area (Å²) in [6.07, 6.45) is -0.404. The molecule has 3 heterocycles. The molecule has 0 aliphatic carbocycles. The highest BCUT2D eigenvalue weighted by atomic mass is 32.2. The fourth-order valence-electron chi connectivity index (χ4n) is 4.98. The second kappa shape index (κ2) is 13.9. The lowest BCUT2D eigenvalue weighted by Crippen LogP contribution is -2.53. The quantitative estimate of drug-likeness (QED) is 0.270. The largest absolute Gasteiger partial charge is 0.454 e. The van der Waals surface area contributed by atoms with E-state index in [1.54, 1.807) is 17.8 Å². The lowest BCUT2D eigenvalue weighted by molar-refractivity contribution is -0.129. The molecule has 2 N–H and O–H groups in total. The van der Waals surface area contributed by atoms with E-state index in [1.165, 1.54) is 32.7 Å². The number of fused-ring (bicyclic) bond motifs is 1. The van der Waals surface area contributed by atoms with Gasteiger partial charge in [-0.3, -0.25) is 14.7 Å². The van der Waals surface area contributed by atoms with Crippen LogP contribution in [0.4, 0.5) is 4.79 Å². The van der Waals surface area contributed by atoms with Crippen LogP contribution in [0.15, 0.2) is 65.1 Å². The first kappa shape index (κ1) is 31.7. The Morgan fingerprint density at radius 2 is 1.95 bits per heavy atom. The molecule has 5 rings (SSSR count). The van der Waals surface area contributed by atoms with Crippen molar-refractivity contribution in [3.8, 4) is 11.5 Å². The zero-order valence-electron chi connectivity index (χ0n) is 24.5. The van der Waals surface area contributed by atoms with Gasteiger partial charge in [-0.25, -0.2) is 13.2 Å². The molecular formula is C30H36N4O8S2. The van der Waals surface area contributed by atoms with Gasteiger partial charge >= 0.3 is 6.09 Å². The SMILES string of the molecule is CC[C@@H](C)CN(C[C@@H](O)[C@H](Cc1ccccc1)NC(=O)[C@@H]1CN(Cc2cncs2)C(=O)O1)S(=O)(=O)c1ccc2c(c1)OCO2. The van der Waals surface area contributed by atoms with Crippen molar-refractivity contribution in [3.63, 3.8) is 0 Å². The number of nitrogens with zero attached hydrogens (tertiary/aromatic N) is 3. The number of rotatable bonds is 14. The minimum absolute atomic E-state index is 0.00409. The van der Waals surface area contributed by atoms with Crippen LogP contribution in [0.25, 0.3) is 0 Å². The van der Waals surface area contributed by atoms with E-state index in [0.29, 0.717) is 11.5 Å². The van der Waals surface area contributed by atoms with Crippen LogP contribution in [0.1, 0.15) is 30.7 Å². The standard InChI is InChI=1S/C30H36N4O8S2/c1-3-20(2)14-34(44(38,39)23-9-10-26-27(12-23)41-19-40-26)16-25(35)24(11-21-7-5-4-6-8-21)32-29(36)28-17-33(30(37)42-28)15-22-13-31-18-43-22/h4-10,12-13,18,20,24-25,28,35H,3,11,14-17,19H2,1-2H3,(H,32,36)/t20-,24+,25-,28+/m1/s1. The molecule has 0 unspecified atom stereocenters. The van der Waals surface area contributed by atoms with E-state index < -0.39 is 40.3 Å². The number of sulfonamides is 1. The number of carbonyl (C=O) groups is 2. The van der Waals surface area contributed by atoms with Gasteiger partial charge in [-0.15, -0.1) is 11.3 Å². The number of aliphatic hydroxyl groups is 1. The van der Waals surface area contributed by atoms with Crippen LogP contribution in [0.3, 0.4) is 0 Å². The summed E-state index contributed by atoms with van der Waals surface area (Å²) in [6, 6.07) is 12.8. The molecule has 2 aliphatic rings. The number of nitrogens with one attached hydrogen (secondary N) is 1. The van der Waals surface area contributed by atoms with E-state index in [1.807, 2.05) is 44.2 Å². The Kier molecular flexibility index (Phi) is 10.0. The van der Waals surface area contributed by atoms with Crippen LogP contribution in [-0.4, -0.2) is 84.4 Å². The van der Waals surface area contributed by atoms with E-state index in [-0.39, 0.29) is 50.2 Å². The number of carbonyl (C=O) groups excluding carboxylic acids is 2. The molecule has 3 aromatic rings. The molecule has 14 heteroatoms. The second-order valence-electron chi connectivity index (χ2n) is 10.9. The van der Waals surface area contributed by atoms with Gasteiger partial charge in [0.05, 0.1) is 35.6 Å². The van der Waals surface area contributed by atoms with Crippen LogP contribution >= 0.6 is 11.3 Å². The Hall–Kier alpha value is -3.72. The fraction of sp³-hybridized carbons (Fsp3) is 0.433. The molecule has 0 bridgehead atoms. The maximum atomic E-state index is 13.9.